The molecule has 1 N–H and O–H groups in total. The summed E-state index contributed by atoms with van der Waals surface area (Å²) in [6.45, 7) is -0.419. The maximum Gasteiger partial charge on any atom is 0.419 e. The standard InChI is InChI=1S/C10H9NO5/c1-11-7-4-6(15-5-9(12)13)2-3-8(7)16-10(11)14/h2-4H,5H2,1H3,(H,12,13). The summed E-state index contributed by atoms with van der Waals surface area (Å²) in [6, 6.07) is 4.67. The highest BCUT2D eigenvalue weighted by Gasteiger charge is 2.07. The molecule has 1 aromatic heterocycles. The third kappa shape index (κ3) is 1.77. The predicted molar refractivity (Wildman–Crippen MR) is 54.6 cm³/mol. The Hall–Kier alpha value is -2.24. The summed E-state index contributed by atoms with van der Waals surface area (Å²) >= 11 is 0. The fraction of sp³-hybridized carbons (Fsp3) is 0.200. The average Bonchev–Trinajstić information content (AvgIpc) is 2.52. The highest BCUT2D eigenvalue weighted by Crippen LogP contribution is 2.19. The number of oxazole rings is 1. The minimum atomic E-state index is -1.05. The minimum Gasteiger partial charge on any atom is -0.482 e. The molecular formula is C10H9NO5. The zero-order valence-corrected chi connectivity index (χ0v) is 8.47. The van der Waals surface area contributed by atoms with Gasteiger partial charge in [0.05, 0.1) is 5.52 Å². The lowest BCUT2D eigenvalue weighted by Crippen LogP contribution is -2.10. The van der Waals surface area contributed by atoms with Crippen molar-refractivity contribution in [1.29, 1.82) is 0 Å². The highest BCUT2D eigenvalue weighted by molar-refractivity contribution is 5.75. The number of aryl methyl sites for hydroxylation is 1. The lowest BCUT2D eigenvalue weighted by molar-refractivity contribution is -0.139. The van der Waals surface area contributed by atoms with Crippen LogP contribution < -0.4 is 10.5 Å². The molecule has 0 saturated carbocycles. The molecule has 84 valence electrons. The van der Waals surface area contributed by atoms with Crippen molar-refractivity contribution >= 4 is 17.1 Å². The SMILES string of the molecule is Cn1c(=O)oc2ccc(OCC(=O)O)cc21. The van der Waals surface area contributed by atoms with E-state index >= 15 is 0 Å². The highest BCUT2D eigenvalue weighted by atomic mass is 16.5. The lowest BCUT2D eigenvalue weighted by atomic mass is 10.3. The first kappa shape index (κ1) is 10.3. The molecule has 0 fully saturated rings. The number of ether oxygens (including phenoxy) is 1. The summed E-state index contributed by atoms with van der Waals surface area (Å²) in [5.74, 6) is -1.14. The second-order valence-corrected chi connectivity index (χ2v) is 3.24. The fourth-order valence-electron chi connectivity index (χ4n) is 1.34. The van der Waals surface area contributed by atoms with Crippen LogP contribution in [0, 0.1) is 0 Å². The number of benzene rings is 1. The number of hydrogen-bond acceptors (Lipinski definition) is 4. The Balaban J connectivity index is 2.39. The zero-order valence-electron chi connectivity index (χ0n) is 8.47. The number of hydrogen-bond donors (Lipinski definition) is 1. The van der Waals surface area contributed by atoms with E-state index in [1.54, 1.807) is 25.2 Å². The molecule has 0 bridgehead atoms. The summed E-state index contributed by atoms with van der Waals surface area (Å²) in [4.78, 5) is 21.5. The number of carboxylic acids is 1. The Labute approximate surface area is 89.7 Å². The van der Waals surface area contributed by atoms with Gasteiger partial charge < -0.3 is 14.3 Å². The van der Waals surface area contributed by atoms with Crippen LogP contribution in [-0.4, -0.2) is 22.2 Å². The number of aromatic nitrogens is 1. The Kier molecular flexibility index (Phi) is 2.40. The van der Waals surface area contributed by atoms with Gasteiger partial charge in [0.1, 0.15) is 5.75 Å². The summed E-state index contributed by atoms with van der Waals surface area (Å²) < 4.78 is 11.2. The van der Waals surface area contributed by atoms with Crippen molar-refractivity contribution in [3.8, 4) is 5.75 Å². The van der Waals surface area contributed by atoms with E-state index in [0.717, 1.165) is 0 Å². The summed E-state index contributed by atoms with van der Waals surface area (Å²) in [5.41, 5.74) is 1.00. The minimum absolute atomic E-state index is 0.381. The molecule has 2 aromatic rings. The van der Waals surface area contributed by atoms with Crippen LogP contribution in [0.2, 0.25) is 0 Å². The Morgan fingerprint density at radius 2 is 2.31 bits per heavy atom. The van der Waals surface area contributed by atoms with Crippen LogP contribution in [0.25, 0.3) is 11.1 Å². The number of aliphatic carboxylic acids is 1. The van der Waals surface area contributed by atoms with Crippen molar-refractivity contribution < 1.29 is 19.1 Å². The predicted octanol–water partition coefficient (Wildman–Crippen LogP) is 0.595. The van der Waals surface area contributed by atoms with Gasteiger partial charge in [-0.3, -0.25) is 4.57 Å². The molecule has 2 rings (SSSR count). The molecule has 1 aromatic carbocycles. The van der Waals surface area contributed by atoms with Crippen molar-refractivity contribution in [2.24, 2.45) is 7.05 Å². The van der Waals surface area contributed by atoms with E-state index in [2.05, 4.69) is 0 Å². The number of rotatable bonds is 3. The molecule has 0 spiro atoms. The largest absolute Gasteiger partial charge is 0.482 e. The Morgan fingerprint density at radius 3 is 3.00 bits per heavy atom. The van der Waals surface area contributed by atoms with Crippen LogP contribution >= 0.6 is 0 Å². The quantitative estimate of drug-likeness (QED) is 0.823. The van der Waals surface area contributed by atoms with Crippen LogP contribution in [-0.2, 0) is 11.8 Å². The zero-order chi connectivity index (χ0) is 11.7. The molecule has 0 saturated heterocycles. The van der Waals surface area contributed by atoms with E-state index in [1.807, 2.05) is 0 Å². The monoisotopic (exact) mass is 223 g/mol. The van der Waals surface area contributed by atoms with Crippen molar-refractivity contribution in [3.63, 3.8) is 0 Å². The third-order valence-electron chi connectivity index (χ3n) is 2.13. The van der Waals surface area contributed by atoms with Crippen molar-refractivity contribution in [3.05, 3.63) is 28.7 Å². The molecule has 1 heterocycles. The molecule has 0 atom stereocenters. The first-order valence-corrected chi connectivity index (χ1v) is 4.52. The second-order valence-electron chi connectivity index (χ2n) is 3.24. The van der Waals surface area contributed by atoms with Gasteiger partial charge in [-0.05, 0) is 12.1 Å². The van der Waals surface area contributed by atoms with Gasteiger partial charge in [0.15, 0.2) is 12.2 Å². The molecular weight excluding hydrogens is 214 g/mol. The van der Waals surface area contributed by atoms with E-state index in [0.29, 0.717) is 16.8 Å². The van der Waals surface area contributed by atoms with Crippen LogP contribution in [0.15, 0.2) is 27.4 Å². The number of fused-ring (bicyclic) bond motifs is 1. The van der Waals surface area contributed by atoms with E-state index in [-0.39, 0.29) is 0 Å². The lowest BCUT2D eigenvalue weighted by Gasteiger charge is -2.02. The number of carbonyl (C=O) groups is 1. The van der Waals surface area contributed by atoms with Crippen LogP contribution in [0.4, 0.5) is 0 Å². The van der Waals surface area contributed by atoms with Crippen molar-refractivity contribution in [2.45, 2.75) is 0 Å². The average molecular weight is 223 g/mol. The molecule has 6 heteroatoms. The first-order chi connectivity index (χ1) is 7.58. The summed E-state index contributed by atoms with van der Waals surface area (Å²) in [6.07, 6.45) is 0. The molecule has 0 aliphatic heterocycles. The van der Waals surface area contributed by atoms with Crippen LogP contribution in [0.1, 0.15) is 0 Å². The molecule has 0 aliphatic carbocycles. The van der Waals surface area contributed by atoms with Gasteiger partial charge in [-0.1, -0.05) is 0 Å². The van der Waals surface area contributed by atoms with Gasteiger partial charge in [-0.15, -0.1) is 0 Å². The van der Waals surface area contributed by atoms with Crippen LogP contribution in [0.5, 0.6) is 5.75 Å². The topological polar surface area (TPSA) is 81.7 Å². The number of nitrogens with zero attached hydrogens (tertiary/aromatic N) is 1. The summed E-state index contributed by atoms with van der Waals surface area (Å²) in [5, 5.41) is 8.45. The summed E-state index contributed by atoms with van der Waals surface area (Å²) in [7, 11) is 1.56. The number of carboxylic acid groups (broad SMARTS) is 1. The van der Waals surface area contributed by atoms with E-state index in [9.17, 15) is 9.59 Å². The Bertz CT molecular complexity index is 595. The second kappa shape index (κ2) is 3.73. The van der Waals surface area contributed by atoms with E-state index in [1.165, 1.54) is 4.57 Å². The van der Waals surface area contributed by atoms with E-state index in [4.69, 9.17) is 14.3 Å². The van der Waals surface area contributed by atoms with Gasteiger partial charge in [-0.25, -0.2) is 9.59 Å². The van der Waals surface area contributed by atoms with Gasteiger partial charge in [0, 0.05) is 13.1 Å². The molecule has 0 unspecified atom stereocenters. The van der Waals surface area contributed by atoms with Gasteiger partial charge in [0.25, 0.3) is 0 Å². The molecule has 0 radical (unpaired) electrons. The molecule has 16 heavy (non-hydrogen) atoms. The molecule has 0 aliphatic rings. The first-order valence-electron chi connectivity index (χ1n) is 4.52. The fourth-order valence-corrected chi connectivity index (χ4v) is 1.34. The normalized spacial score (nSPS) is 10.6. The van der Waals surface area contributed by atoms with Crippen LogP contribution in [0.3, 0.4) is 0 Å². The maximum absolute atomic E-state index is 11.2. The van der Waals surface area contributed by atoms with Crippen molar-refractivity contribution in [2.75, 3.05) is 6.61 Å². The van der Waals surface area contributed by atoms with Gasteiger partial charge >= 0.3 is 11.7 Å². The molecule has 6 nitrogen and oxygen atoms in total. The van der Waals surface area contributed by atoms with E-state index < -0.39 is 18.3 Å². The van der Waals surface area contributed by atoms with Gasteiger partial charge in [0.2, 0.25) is 0 Å². The third-order valence-corrected chi connectivity index (χ3v) is 2.13. The Morgan fingerprint density at radius 1 is 1.56 bits per heavy atom. The van der Waals surface area contributed by atoms with Gasteiger partial charge in [-0.2, -0.15) is 0 Å². The molecule has 0 amide bonds. The smallest absolute Gasteiger partial charge is 0.419 e. The van der Waals surface area contributed by atoms with Crippen molar-refractivity contribution in [1.82, 2.24) is 4.57 Å². The maximum atomic E-state index is 11.2.